The monoisotopic (exact) mass is 247 g/mol. The fourth-order valence-electron chi connectivity index (χ4n) is 2.03. The Labute approximate surface area is 109 Å². The van der Waals surface area contributed by atoms with Crippen molar-refractivity contribution in [1.82, 2.24) is 5.32 Å². The van der Waals surface area contributed by atoms with Crippen LogP contribution in [-0.2, 0) is 16.0 Å². The Morgan fingerprint density at radius 3 is 2.72 bits per heavy atom. The molecule has 2 rings (SSSR count). The van der Waals surface area contributed by atoms with Gasteiger partial charge >= 0.3 is 5.97 Å². The Hall–Kier alpha value is -1.35. The number of rotatable bonds is 7. The highest BCUT2D eigenvalue weighted by Crippen LogP contribution is 2.27. The van der Waals surface area contributed by atoms with E-state index < -0.39 is 0 Å². The second-order valence-electron chi connectivity index (χ2n) is 4.95. The van der Waals surface area contributed by atoms with Gasteiger partial charge in [-0.1, -0.05) is 30.3 Å². The van der Waals surface area contributed by atoms with Crippen LogP contribution in [0.25, 0.3) is 0 Å². The maximum absolute atomic E-state index is 11.7. The summed E-state index contributed by atoms with van der Waals surface area (Å²) in [5.74, 6) is 0.625. The maximum Gasteiger partial charge on any atom is 0.322 e. The molecule has 0 saturated heterocycles. The first-order valence-corrected chi connectivity index (χ1v) is 6.64. The molecule has 0 spiro atoms. The standard InChI is InChI=1S/C15H21NO2/c1-18-15(17)14(16-11-13-7-8-13)10-9-12-5-3-2-4-6-12/h2-6,13-14,16H,7-11H2,1H3. The van der Waals surface area contributed by atoms with Crippen LogP contribution >= 0.6 is 0 Å². The van der Waals surface area contributed by atoms with E-state index in [1.807, 2.05) is 18.2 Å². The zero-order valence-electron chi connectivity index (χ0n) is 10.9. The molecule has 0 aliphatic heterocycles. The molecule has 1 unspecified atom stereocenters. The van der Waals surface area contributed by atoms with Gasteiger partial charge in [-0.05, 0) is 43.7 Å². The van der Waals surface area contributed by atoms with Crippen molar-refractivity contribution in [2.75, 3.05) is 13.7 Å². The zero-order valence-corrected chi connectivity index (χ0v) is 10.9. The summed E-state index contributed by atoms with van der Waals surface area (Å²) < 4.78 is 4.85. The summed E-state index contributed by atoms with van der Waals surface area (Å²) in [7, 11) is 1.46. The molecule has 0 amide bonds. The van der Waals surface area contributed by atoms with Crippen LogP contribution in [0.3, 0.4) is 0 Å². The van der Waals surface area contributed by atoms with Gasteiger partial charge in [0.15, 0.2) is 0 Å². The van der Waals surface area contributed by atoms with Crippen molar-refractivity contribution in [3.8, 4) is 0 Å². The van der Waals surface area contributed by atoms with Crippen LogP contribution in [0.5, 0.6) is 0 Å². The number of hydrogen-bond acceptors (Lipinski definition) is 3. The van der Waals surface area contributed by atoms with Crippen LogP contribution in [-0.4, -0.2) is 25.7 Å². The summed E-state index contributed by atoms with van der Waals surface area (Å²) in [5.41, 5.74) is 1.26. The summed E-state index contributed by atoms with van der Waals surface area (Å²) in [6, 6.07) is 10.1. The van der Waals surface area contributed by atoms with Crippen molar-refractivity contribution >= 4 is 5.97 Å². The van der Waals surface area contributed by atoms with E-state index in [9.17, 15) is 4.79 Å². The average Bonchev–Trinajstić information content (AvgIpc) is 3.23. The number of nitrogens with one attached hydrogen (secondary N) is 1. The highest BCUT2D eigenvalue weighted by Gasteiger charge is 2.25. The van der Waals surface area contributed by atoms with Gasteiger partial charge in [0.1, 0.15) is 6.04 Å². The molecule has 1 fully saturated rings. The molecule has 0 bridgehead atoms. The molecular formula is C15H21NO2. The Bertz CT molecular complexity index is 373. The van der Waals surface area contributed by atoms with Gasteiger partial charge in [-0.15, -0.1) is 0 Å². The zero-order chi connectivity index (χ0) is 12.8. The van der Waals surface area contributed by atoms with E-state index >= 15 is 0 Å². The molecule has 1 N–H and O–H groups in total. The molecule has 1 aliphatic rings. The first-order valence-electron chi connectivity index (χ1n) is 6.64. The molecule has 1 aromatic carbocycles. The Kier molecular flexibility index (Phi) is 4.76. The Morgan fingerprint density at radius 1 is 1.39 bits per heavy atom. The van der Waals surface area contributed by atoms with E-state index in [2.05, 4.69) is 17.4 Å². The molecule has 3 nitrogen and oxygen atoms in total. The predicted octanol–water partition coefficient (Wildman–Crippen LogP) is 2.16. The van der Waals surface area contributed by atoms with Gasteiger partial charge < -0.3 is 10.1 Å². The lowest BCUT2D eigenvalue weighted by molar-refractivity contribution is -0.143. The van der Waals surface area contributed by atoms with E-state index in [0.717, 1.165) is 25.3 Å². The highest BCUT2D eigenvalue weighted by molar-refractivity contribution is 5.75. The number of carbonyl (C=O) groups excluding carboxylic acids is 1. The van der Waals surface area contributed by atoms with Crippen LogP contribution in [0.2, 0.25) is 0 Å². The third-order valence-corrected chi connectivity index (χ3v) is 3.40. The van der Waals surface area contributed by atoms with Gasteiger partial charge in [-0.3, -0.25) is 4.79 Å². The van der Waals surface area contributed by atoms with E-state index in [-0.39, 0.29) is 12.0 Å². The third-order valence-electron chi connectivity index (χ3n) is 3.40. The Balaban J connectivity index is 1.81. The van der Waals surface area contributed by atoms with Gasteiger partial charge in [0.05, 0.1) is 7.11 Å². The molecule has 3 heteroatoms. The van der Waals surface area contributed by atoms with Crippen LogP contribution < -0.4 is 5.32 Å². The summed E-state index contributed by atoms with van der Waals surface area (Å²) in [6.07, 6.45) is 4.28. The minimum atomic E-state index is -0.171. The molecule has 0 aromatic heterocycles. The summed E-state index contributed by atoms with van der Waals surface area (Å²) >= 11 is 0. The molecule has 1 atom stereocenters. The fourth-order valence-corrected chi connectivity index (χ4v) is 2.03. The summed E-state index contributed by atoms with van der Waals surface area (Å²) in [6.45, 7) is 0.939. The molecule has 0 heterocycles. The lowest BCUT2D eigenvalue weighted by Gasteiger charge is -2.16. The first-order chi connectivity index (χ1) is 8.79. The topological polar surface area (TPSA) is 38.3 Å². The van der Waals surface area contributed by atoms with Crippen LogP contribution in [0.4, 0.5) is 0 Å². The second-order valence-corrected chi connectivity index (χ2v) is 4.95. The lowest BCUT2D eigenvalue weighted by Crippen LogP contribution is -2.39. The summed E-state index contributed by atoms with van der Waals surface area (Å²) in [5, 5.41) is 3.33. The van der Waals surface area contributed by atoms with Crippen molar-refractivity contribution in [1.29, 1.82) is 0 Å². The van der Waals surface area contributed by atoms with Crippen molar-refractivity contribution in [2.45, 2.75) is 31.7 Å². The van der Waals surface area contributed by atoms with Crippen molar-refractivity contribution < 1.29 is 9.53 Å². The average molecular weight is 247 g/mol. The molecule has 1 saturated carbocycles. The number of hydrogen-bond donors (Lipinski definition) is 1. The van der Waals surface area contributed by atoms with Gasteiger partial charge in [-0.25, -0.2) is 0 Å². The van der Waals surface area contributed by atoms with E-state index in [0.29, 0.717) is 0 Å². The quantitative estimate of drug-likeness (QED) is 0.750. The number of aryl methyl sites for hydroxylation is 1. The molecule has 98 valence electrons. The largest absolute Gasteiger partial charge is 0.468 e. The predicted molar refractivity (Wildman–Crippen MR) is 71.3 cm³/mol. The van der Waals surface area contributed by atoms with Crippen molar-refractivity contribution in [3.05, 3.63) is 35.9 Å². The maximum atomic E-state index is 11.7. The third kappa shape index (κ3) is 4.15. The highest BCUT2D eigenvalue weighted by atomic mass is 16.5. The Morgan fingerprint density at radius 2 is 2.11 bits per heavy atom. The van der Waals surface area contributed by atoms with Crippen molar-refractivity contribution in [2.24, 2.45) is 5.92 Å². The fraction of sp³-hybridized carbons (Fsp3) is 0.533. The lowest BCUT2D eigenvalue weighted by atomic mass is 10.1. The normalized spacial score (nSPS) is 16.3. The van der Waals surface area contributed by atoms with E-state index in [4.69, 9.17) is 4.74 Å². The van der Waals surface area contributed by atoms with Crippen LogP contribution in [0.1, 0.15) is 24.8 Å². The number of ether oxygens (including phenoxy) is 1. The molecule has 1 aliphatic carbocycles. The van der Waals surface area contributed by atoms with E-state index in [1.54, 1.807) is 0 Å². The summed E-state index contributed by atoms with van der Waals surface area (Å²) in [4.78, 5) is 11.7. The van der Waals surface area contributed by atoms with Gasteiger partial charge in [0.2, 0.25) is 0 Å². The molecule has 1 aromatic rings. The van der Waals surface area contributed by atoms with Crippen LogP contribution in [0.15, 0.2) is 30.3 Å². The van der Waals surface area contributed by atoms with Crippen molar-refractivity contribution in [3.63, 3.8) is 0 Å². The van der Waals surface area contributed by atoms with Crippen LogP contribution in [0, 0.1) is 5.92 Å². The van der Waals surface area contributed by atoms with E-state index in [1.165, 1.54) is 25.5 Å². The number of carbonyl (C=O) groups is 1. The minimum Gasteiger partial charge on any atom is -0.468 e. The van der Waals surface area contributed by atoms with Gasteiger partial charge in [0, 0.05) is 0 Å². The second kappa shape index (κ2) is 6.55. The minimum absolute atomic E-state index is 0.147. The number of methoxy groups -OCH3 is 1. The van der Waals surface area contributed by atoms with Gasteiger partial charge in [-0.2, -0.15) is 0 Å². The number of esters is 1. The smallest absolute Gasteiger partial charge is 0.322 e. The molecule has 18 heavy (non-hydrogen) atoms. The number of benzene rings is 1. The SMILES string of the molecule is COC(=O)C(CCc1ccccc1)NCC1CC1. The molecule has 0 radical (unpaired) electrons. The van der Waals surface area contributed by atoms with Gasteiger partial charge in [0.25, 0.3) is 0 Å². The first kappa shape index (κ1) is 13.1. The molecular weight excluding hydrogens is 226 g/mol.